The summed E-state index contributed by atoms with van der Waals surface area (Å²) in [5.74, 6) is 0.277. The lowest BCUT2D eigenvalue weighted by atomic mass is 9.79. The zero-order valence-corrected chi connectivity index (χ0v) is 15.7. The van der Waals surface area contributed by atoms with Crippen LogP contribution in [-0.2, 0) is 17.8 Å². The van der Waals surface area contributed by atoms with Gasteiger partial charge in [0.1, 0.15) is 0 Å². The number of aryl methyl sites for hydroxylation is 1. The summed E-state index contributed by atoms with van der Waals surface area (Å²) in [4.78, 5) is 21.2. The molecule has 0 radical (unpaired) electrons. The summed E-state index contributed by atoms with van der Waals surface area (Å²) in [6, 6.07) is 12.0. The van der Waals surface area contributed by atoms with Crippen molar-refractivity contribution in [1.29, 1.82) is 0 Å². The topological polar surface area (TPSA) is 36.4 Å². The van der Waals surface area contributed by atoms with Crippen LogP contribution in [0, 0.1) is 5.41 Å². The Morgan fingerprint density at radius 1 is 1.15 bits per heavy atom. The van der Waals surface area contributed by atoms with Crippen molar-refractivity contribution in [3.05, 3.63) is 64.9 Å². The molecular formula is C21H24ClN3O. The number of hydrogen-bond donors (Lipinski definition) is 0. The maximum Gasteiger partial charge on any atom is 0.222 e. The van der Waals surface area contributed by atoms with Crippen LogP contribution in [0.25, 0.3) is 0 Å². The number of nitrogens with zero attached hydrogens (tertiary/aromatic N) is 3. The van der Waals surface area contributed by atoms with E-state index < -0.39 is 0 Å². The number of halogens is 1. The molecule has 2 aromatic rings. The second kappa shape index (κ2) is 7.37. The van der Waals surface area contributed by atoms with Crippen molar-refractivity contribution in [3.63, 3.8) is 0 Å². The zero-order chi connectivity index (χ0) is 18.0. The van der Waals surface area contributed by atoms with Crippen LogP contribution in [0.4, 0.5) is 0 Å². The average Bonchev–Trinajstić information content (AvgIpc) is 3.06. The van der Waals surface area contributed by atoms with Crippen LogP contribution in [0.15, 0.2) is 48.8 Å². The number of hydrogen-bond acceptors (Lipinski definition) is 3. The maximum atomic E-state index is 12.5. The predicted octanol–water partition coefficient (Wildman–Crippen LogP) is 3.40. The molecular weight excluding hydrogens is 346 g/mol. The fraction of sp³-hybridized carbons (Fsp3) is 0.429. The lowest BCUT2D eigenvalue weighted by molar-refractivity contribution is -0.131. The molecule has 0 aliphatic carbocycles. The smallest absolute Gasteiger partial charge is 0.222 e. The molecule has 5 heteroatoms. The van der Waals surface area contributed by atoms with Gasteiger partial charge >= 0.3 is 0 Å². The Labute approximate surface area is 159 Å². The molecule has 3 heterocycles. The Balaban J connectivity index is 1.24. The summed E-state index contributed by atoms with van der Waals surface area (Å²) in [6.07, 6.45) is 6.09. The van der Waals surface area contributed by atoms with Gasteiger partial charge in [-0.1, -0.05) is 29.8 Å². The molecule has 1 aromatic carbocycles. The maximum absolute atomic E-state index is 12.5. The monoisotopic (exact) mass is 369 g/mol. The van der Waals surface area contributed by atoms with Gasteiger partial charge in [-0.05, 0) is 42.2 Å². The number of carbonyl (C=O) groups is 1. The van der Waals surface area contributed by atoms with Crippen LogP contribution in [0.1, 0.15) is 24.0 Å². The highest BCUT2D eigenvalue weighted by Crippen LogP contribution is 2.40. The molecule has 26 heavy (non-hydrogen) atoms. The summed E-state index contributed by atoms with van der Waals surface area (Å²) >= 11 is 6.07. The lowest BCUT2D eigenvalue weighted by Gasteiger charge is -2.48. The van der Waals surface area contributed by atoms with Crippen LogP contribution in [0.2, 0.25) is 5.02 Å². The molecule has 2 aliphatic heterocycles. The standard InChI is InChI=1S/C21H24ClN3O/c22-19-5-1-3-18(11-19)13-24-14-21(15-24)8-10-25(16-21)20(26)7-6-17-4-2-9-23-12-17/h1-5,9,11-12H,6-8,10,13-16H2. The van der Waals surface area contributed by atoms with E-state index in [1.165, 1.54) is 5.56 Å². The molecule has 0 atom stereocenters. The Morgan fingerprint density at radius 3 is 2.77 bits per heavy atom. The quantitative estimate of drug-likeness (QED) is 0.810. The van der Waals surface area contributed by atoms with Gasteiger partial charge in [0.15, 0.2) is 0 Å². The third-order valence-electron chi connectivity index (χ3n) is 5.55. The van der Waals surface area contributed by atoms with Gasteiger partial charge in [-0.15, -0.1) is 0 Å². The first-order valence-corrected chi connectivity index (χ1v) is 9.63. The summed E-state index contributed by atoms with van der Waals surface area (Å²) in [6.45, 7) is 4.90. The van der Waals surface area contributed by atoms with E-state index in [0.29, 0.717) is 11.8 Å². The van der Waals surface area contributed by atoms with E-state index in [9.17, 15) is 4.79 Å². The number of carbonyl (C=O) groups excluding carboxylic acids is 1. The van der Waals surface area contributed by atoms with Gasteiger partial charge in [-0.2, -0.15) is 0 Å². The number of amides is 1. The third kappa shape index (κ3) is 3.92. The van der Waals surface area contributed by atoms with Crippen molar-refractivity contribution in [1.82, 2.24) is 14.8 Å². The highest BCUT2D eigenvalue weighted by molar-refractivity contribution is 6.30. The summed E-state index contributed by atoms with van der Waals surface area (Å²) in [5, 5.41) is 0.795. The molecule has 136 valence electrons. The first kappa shape index (κ1) is 17.5. The molecule has 4 nitrogen and oxygen atoms in total. The Kier molecular flexibility index (Phi) is 4.96. The van der Waals surface area contributed by atoms with Gasteiger partial charge in [0, 0.05) is 62.0 Å². The van der Waals surface area contributed by atoms with E-state index in [1.807, 2.05) is 36.5 Å². The fourth-order valence-electron chi connectivity index (χ4n) is 4.27. The SMILES string of the molecule is O=C(CCc1cccnc1)N1CCC2(CN(Cc3cccc(Cl)c3)C2)C1. The fourth-order valence-corrected chi connectivity index (χ4v) is 4.48. The molecule has 2 saturated heterocycles. The van der Waals surface area contributed by atoms with Crippen molar-refractivity contribution in [2.24, 2.45) is 5.41 Å². The zero-order valence-electron chi connectivity index (χ0n) is 14.9. The summed E-state index contributed by atoms with van der Waals surface area (Å²) < 4.78 is 0. The van der Waals surface area contributed by atoms with Crippen LogP contribution in [0.3, 0.4) is 0 Å². The van der Waals surface area contributed by atoms with E-state index >= 15 is 0 Å². The summed E-state index contributed by atoms with van der Waals surface area (Å²) in [5.41, 5.74) is 2.70. The van der Waals surface area contributed by atoms with Gasteiger partial charge in [0.25, 0.3) is 0 Å². The Morgan fingerprint density at radius 2 is 2.00 bits per heavy atom. The molecule has 0 N–H and O–H groups in total. The molecule has 1 amide bonds. The second-order valence-electron chi connectivity index (χ2n) is 7.70. The van der Waals surface area contributed by atoms with Gasteiger partial charge in [0.05, 0.1) is 0 Å². The van der Waals surface area contributed by atoms with Crippen molar-refractivity contribution < 1.29 is 4.79 Å². The van der Waals surface area contributed by atoms with E-state index in [2.05, 4.69) is 20.9 Å². The minimum absolute atomic E-state index is 0.277. The normalized spacial score (nSPS) is 18.9. The Bertz CT molecular complexity index is 774. The second-order valence-corrected chi connectivity index (χ2v) is 8.14. The number of pyridine rings is 1. The summed E-state index contributed by atoms with van der Waals surface area (Å²) in [7, 11) is 0. The van der Waals surface area contributed by atoms with Gasteiger partial charge in [0.2, 0.25) is 5.91 Å². The highest BCUT2D eigenvalue weighted by Gasteiger charge is 2.48. The molecule has 4 rings (SSSR count). The number of benzene rings is 1. The molecule has 2 aliphatic rings. The third-order valence-corrected chi connectivity index (χ3v) is 5.79. The number of likely N-dealkylation sites (tertiary alicyclic amines) is 2. The molecule has 0 saturated carbocycles. The molecule has 0 bridgehead atoms. The van der Waals surface area contributed by atoms with Crippen molar-refractivity contribution in [3.8, 4) is 0 Å². The largest absolute Gasteiger partial charge is 0.342 e. The minimum atomic E-state index is 0.277. The van der Waals surface area contributed by atoms with Crippen molar-refractivity contribution >= 4 is 17.5 Å². The van der Waals surface area contributed by atoms with Gasteiger partial charge in [-0.25, -0.2) is 0 Å². The van der Waals surface area contributed by atoms with E-state index in [0.717, 1.165) is 56.2 Å². The van der Waals surface area contributed by atoms with Gasteiger partial charge < -0.3 is 4.90 Å². The lowest BCUT2D eigenvalue weighted by Crippen LogP contribution is -2.57. The average molecular weight is 370 g/mol. The van der Waals surface area contributed by atoms with Crippen LogP contribution in [0.5, 0.6) is 0 Å². The Hall–Kier alpha value is -1.91. The van der Waals surface area contributed by atoms with Crippen LogP contribution < -0.4 is 0 Å². The first-order valence-electron chi connectivity index (χ1n) is 9.25. The first-order chi connectivity index (χ1) is 12.6. The number of rotatable bonds is 5. The van der Waals surface area contributed by atoms with E-state index in [-0.39, 0.29) is 5.91 Å². The minimum Gasteiger partial charge on any atom is -0.342 e. The van der Waals surface area contributed by atoms with E-state index in [4.69, 9.17) is 11.6 Å². The molecule has 1 spiro atoms. The number of aromatic nitrogens is 1. The molecule has 1 aromatic heterocycles. The predicted molar refractivity (Wildman–Crippen MR) is 103 cm³/mol. The molecule has 2 fully saturated rings. The van der Waals surface area contributed by atoms with E-state index in [1.54, 1.807) is 6.20 Å². The van der Waals surface area contributed by atoms with Crippen LogP contribution >= 0.6 is 11.6 Å². The van der Waals surface area contributed by atoms with Crippen LogP contribution in [-0.4, -0.2) is 46.9 Å². The van der Waals surface area contributed by atoms with Gasteiger partial charge in [-0.3, -0.25) is 14.7 Å². The van der Waals surface area contributed by atoms with Crippen molar-refractivity contribution in [2.75, 3.05) is 26.2 Å². The van der Waals surface area contributed by atoms with Crippen molar-refractivity contribution in [2.45, 2.75) is 25.8 Å². The highest BCUT2D eigenvalue weighted by atomic mass is 35.5. The molecule has 0 unspecified atom stereocenters.